The summed E-state index contributed by atoms with van der Waals surface area (Å²) in [6.45, 7) is 4.63. The largest absolute Gasteiger partial charge is 0.461 e. The van der Waals surface area contributed by atoms with E-state index in [4.69, 9.17) is 14.2 Å². The van der Waals surface area contributed by atoms with Crippen LogP contribution in [0.2, 0.25) is 0 Å². The number of rotatable bonds is 10. The number of benzene rings is 2. The van der Waals surface area contributed by atoms with Crippen LogP contribution in [0.5, 0.6) is 5.75 Å². The van der Waals surface area contributed by atoms with Crippen LogP contribution in [0.1, 0.15) is 31.9 Å². The number of carbonyl (C=O) groups is 2. The Morgan fingerprint density at radius 2 is 1.81 bits per heavy atom. The van der Waals surface area contributed by atoms with E-state index in [0.717, 1.165) is 11.1 Å². The van der Waals surface area contributed by atoms with Crippen LogP contribution in [-0.4, -0.2) is 75.2 Å². The lowest BCUT2D eigenvalue weighted by atomic mass is 9.98. The highest BCUT2D eigenvalue weighted by Gasteiger charge is 2.38. The minimum atomic E-state index is -3.05. The lowest BCUT2D eigenvalue weighted by Gasteiger charge is -2.35. The van der Waals surface area contributed by atoms with Crippen molar-refractivity contribution in [2.45, 2.75) is 46.6 Å². The van der Waals surface area contributed by atoms with Crippen LogP contribution >= 0.6 is 0 Å². The van der Waals surface area contributed by atoms with Gasteiger partial charge in [0.05, 0.1) is 29.4 Å². The number of halogens is 2. The molecule has 4 aromatic rings. The molecule has 12 nitrogen and oxygen atoms in total. The van der Waals surface area contributed by atoms with Crippen molar-refractivity contribution in [2.75, 3.05) is 31.1 Å². The Balaban J connectivity index is 1.27. The predicted molar refractivity (Wildman–Crippen MR) is 168 cm³/mol. The summed E-state index contributed by atoms with van der Waals surface area (Å²) in [6.07, 6.45) is 3.12. The standard InChI is InChI=1S/C33H36F2N6O6/c1-19(2)20(3)30(43)45-17-21-5-8-28(47-31(34)35)23(11-21)15-41-27-12-22(6-7-26(27)29(42)38(41)4)24-13-36-32(37-14-24)39-9-10-40-25(16-39)18-46-33(40)44/h5-8,11-14,19-20,25,31H,9-10,15-18H2,1-4H3/t20-,25-/m0/s1. The lowest BCUT2D eigenvalue weighted by molar-refractivity contribution is -0.150. The maximum atomic E-state index is 13.4. The molecule has 2 saturated heterocycles. The second kappa shape index (κ2) is 13.0. The van der Waals surface area contributed by atoms with Gasteiger partial charge in [-0.25, -0.2) is 14.8 Å². The van der Waals surface area contributed by atoms with E-state index in [1.54, 1.807) is 54.1 Å². The number of carbonyl (C=O) groups excluding carboxylic acids is 2. The molecule has 2 aromatic heterocycles. The van der Waals surface area contributed by atoms with Gasteiger partial charge in [-0.2, -0.15) is 8.78 Å². The van der Waals surface area contributed by atoms with E-state index in [1.165, 1.54) is 10.7 Å². The molecule has 0 N–H and O–H groups in total. The van der Waals surface area contributed by atoms with Crippen molar-refractivity contribution in [1.29, 1.82) is 0 Å². The smallest absolute Gasteiger partial charge is 0.410 e. The molecular formula is C33H36F2N6O6. The number of piperazine rings is 1. The van der Waals surface area contributed by atoms with E-state index in [-0.39, 0.29) is 54.4 Å². The molecule has 0 saturated carbocycles. The summed E-state index contributed by atoms with van der Waals surface area (Å²) in [5, 5.41) is 0.448. The topological polar surface area (TPSA) is 121 Å². The van der Waals surface area contributed by atoms with Gasteiger partial charge in [0.15, 0.2) is 0 Å². The van der Waals surface area contributed by atoms with Crippen LogP contribution in [0.15, 0.2) is 53.6 Å². The van der Waals surface area contributed by atoms with Crippen molar-refractivity contribution >= 4 is 28.9 Å². The number of aromatic nitrogens is 4. The predicted octanol–water partition coefficient (Wildman–Crippen LogP) is 4.42. The average Bonchev–Trinajstić information content (AvgIpc) is 3.55. The first-order chi connectivity index (χ1) is 22.5. The molecule has 6 rings (SSSR count). The lowest BCUT2D eigenvalue weighted by Crippen LogP contribution is -2.52. The summed E-state index contributed by atoms with van der Waals surface area (Å²) < 4.78 is 45.3. The van der Waals surface area contributed by atoms with Gasteiger partial charge >= 0.3 is 18.7 Å². The molecule has 0 radical (unpaired) electrons. The molecule has 1 amide bonds. The van der Waals surface area contributed by atoms with Crippen LogP contribution < -0.4 is 15.2 Å². The molecule has 0 aliphatic carbocycles. The van der Waals surface area contributed by atoms with Crippen molar-refractivity contribution < 1.29 is 32.6 Å². The number of esters is 1. The molecule has 14 heteroatoms. The monoisotopic (exact) mass is 650 g/mol. The molecule has 0 spiro atoms. The summed E-state index contributed by atoms with van der Waals surface area (Å²) in [7, 11) is 1.61. The second-order valence-electron chi connectivity index (χ2n) is 12.2. The number of amides is 1. The van der Waals surface area contributed by atoms with Crippen molar-refractivity contribution in [3.63, 3.8) is 0 Å². The Labute approximate surface area is 269 Å². The SMILES string of the molecule is CC(C)[C@H](C)C(=O)OCc1ccc(OC(F)F)c(Cn2c3cc(-c4cnc(N5CCN6C(=O)OC[C@@H]6C5)nc4)ccc3c(=O)n2C)c1. The van der Waals surface area contributed by atoms with Gasteiger partial charge in [0.25, 0.3) is 5.56 Å². The first kappa shape index (κ1) is 32.0. The van der Waals surface area contributed by atoms with E-state index >= 15 is 0 Å². The molecule has 0 unspecified atom stereocenters. The van der Waals surface area contributed by atoms with Crippen LogP contribution in [0.4, 0.5) is 19.5 Å². The first-order valence-electron chi connectivity index (χ1n) is 15.4. The summed E-state index contributed by atoms with van der Waals surface area (Å²) in [4.78, 5) is 50.4. The van der Waals surface area contributed by atoms with Crippen LogP contribution in [0, 0.1) is 11.8 Å². The molecule has 2 atom stereocenters. The van der Waals surface area contributed by atoms with E-state index in [1.807, 2.05) is 30.9 Å². The fourth-order valence-electron chi connectivity index (χ4n) is 5.82. The molecule has 2 aliphatic rings. The van der Waals surface area contributed by atoms with E-state index in [9.17, 15) is 23.2 Å². The molecule has 4 heterocycles. The van der Waals surface area contributed by atoms with Crippen molar-refractivity contribution in [2.24, 2.45) is 18.9 Å². The Bertz CT molecular complexity index is 1860. The number of anilines is 1. The minimum absolute atomic E-state index is 0.0275. The highest BCUT2D eigenvalue weighted by Crippen LogP contribution is 2.28. The molecular weight excluding hydrogens is 614 g/mol. The Hall–Kier alpha value is -5.01. The van der Waals surface area contributed by atoms with Gasteiger partial charge in [0, 0.05) is 50.2 Å². The maximum absolute atomic E-state index is 13.4. The normalized spacial score (nSPS) is 16.9. The summed E-state index contributed by atoms with van der Waals surface area (Å²) in [5.74, 6) is -0.0398. The molecule has 2 fully saturated rings. The Morgan fingerprint density at radius 1 is 1.04 bits per heavy atom. The third kappa shape index (κ3) is 6.49. The summed E-state index contributed by atoms with van der Waals surface area (Å²) in [6, 6.07) is 9.97. The number of alkyl halides is 2. The van der Waals surface area contributed by atoms with Gasteiger partial charge in [0.1, 0.15) is 19.0 Å². The van der Waals surface area contributed by atoms with E-state index < -0.39 is 6.61 Å². The van der Waals surface area contributed by atoms with Gasteiger partial charge in [0.2, 0.25) is 5.95 Å². The zero-order valence-electron chi connectivity index (χ0n) is 26.6. The third-order valence-electron chi connectivity index (χ3n) is 8.95. The highest BCUT2D eigenvalue weighted by atomic mass is 19.3. The molecule has 248 valence electrons. The van der Waals surface area contributed by atoms with Crippen LogP contribution in [-0.2, 0) is 34.5 Å². The number of ether oxygens (including phenoxy) is 3. The Kier molecular flexibility index (Phi) is 8.84. The number of fused-ring (bicyclic) bond motifs is 2. The quantitative estimate of drug-likeness (QED) is 0.230. The molecule has 47 heavy (non-hydrogen) atoms. The average molecular weight is 651 g/mol. The van der Waals surface area contributed by atoms with Crippen molar-refractivity contribution in [3.05, 3.63) is 70.3 Å². The second-order valence-corrected chi connectivity index (χ2v) is 12.2. The van der Waals surface area contributed by atoms with Gasteiger partial charge in [-0.15, -0.1) is 0 Å². The number of cyclic esters (lactones) is 1. The van der Waals surface area contributed by atoms with Crippen LogP contribution in [0.25, 0.3) is 22.0 Å². The number of hydrogen-bond donors (Lipinski definition) is 0. The summed E-state index contributed by atoms with van der Waals surface area (Å²) >= 11 is 0. The van der Waals surface area contributed by atoms with Gasteiger partial charge in [-0.05, 0) is 41.3 Å². The van der Waals surface area contributed by atoms with E-state index in [0.29, 0.717) is 54.2 Å². The first-order valence-corrected chi connectivity index (χ1v) is 15.4. The molecule has 2 aromatic carbocycles. The van der Waals surface area contributed by atoms with Gasteiger partial charge in [-0.3, -0.25) is 23.9 Å². The van der Waals surface area contributed by atoms with Gasteiger partial charge in [-0.1, -0.05) is 32.9 Å². The fourth-order valence-corrected chi connectivity index (χ4v) is 5.82. The molecule has 2 aliphatic heterocycles. The number of hydrogen-bond acceptors (Lipinski definition) is 9. The number of nitrogens with zero attached hydrogens (tertiary/aromatic N) is 6. The van der Waals surface area contributed by atoms with Crippen LogP contribution in [0.3, 0.4) is 0 Å². The minimum Gasteiger partial charge on any atom is -0.461 e. The zero-order chi connectivity index (χ0) is 33.4. The van der Waals surface area contributed by atoms with Gasteiger partial charge < -0.3 is 19.1 Å². The highest BCUT2D eigenvalue weighted by molar-refractivity contribution is 5.84. The zero-order valence-corrected chi connectivity index (χ0v) is 26.6. The van der Waals surface area contributed by atoms with E-state index in [2.05, 4.69) is 9.97 Å². The third-order valence-corrected chi connectivity index (χ3v) is 8.95. The maximum Gasteiger partial charge on any atom is 0.410 e. The fraction of sp³-hybridized carbons (Fsp3) is 0.424. The summed E-state index contributed by atoms with van der Waals surface area (Å²) in [5.41, 5.74) is 2.78. The van der Waals surface area contributed by atoms with Crippen molar-refractivity contribution in [3.8, 4) is 16.9 Å². The Morgan fingerprint density at radius 3 is 2.53 bits per heavy atom. The van der Waals surface area contributed by atoms with Crippen molar-refractivity contribution in [1.82, 2.24) is 24.2 Å². The molecule has 0 bridgehead atoms.